The van der Waals surface area contributed by atoms with Gasteiger partial charge in [-0.1, -0.05) is 18.6 Å². The fourth-order valence-corrected chi connectivity index (χ4v) is 4.14. The summed E-state index contributed by atoms with van der Waals surface area (Å²) in [5.41, 5.74) is -0.176. The van der Waals surface area contributed by atoms with E-state index in [0.717, 1.165) is 12.8 Å². The van der Waals surface area contributed by atoms with E-state index in [0.29, 0.717) is 5.92 Å². The molecule has 3 heteroatoms. The molecular weight excluding hydrogens is 204 g/mol. The van der Waals surface area contributed by atoms with Crippen molar-refractivity contribution in [3.63, 3.8) is 0 Å². The van der Waals surface area contributed by atoms with Gasteiger partial charge in [0.15, 0.2) is 0 Å². The number of carbonyl (C=O) groups excluding carboxylic acids is 1. The van der Waals surface area contributed by atoms with E-state index in [1.807, 2.05) is 6.08 Å². The lowest BCUT2D eigenvalue weighted by Gasteiger charge is -2.37. The second-order valence-corrected chi connectivity index (χ2v) is 5.55. The molecule has 0 unspecified atom stereocenters. The third-order valence-electron chi connectivity index (χ3n) is 4.78. The van der Waals surface area contributed by atoms with Gasteiger partial charge in [0.05, 0.1) is 18.1 Å². The molecule has 0 aromatic carbocycles. The van der Waals surface area contributed by atoms with E-state index in [2.05, 4.69) is 6.08 Å². The molecule has 4 rings (SSSR count). The fraction of sp³-hybridized carbons (Fsp3) is 0.769. The van der Waals surface area contributed by atoms with Crippen LogP contribution in [0.4, 0.5) is 0 Å². The summed E-state index contributed by atoms with van der Waals surface area (Å²) in [4.78, 5) is 12.0. The highest BCUT2D eigenvalue weighted by Gasteiger charge is 2.65. The van der Waals surface area contributed by atoms with Crippen LogP contribution in [0, 0.1) is 11.8 Å². The summed E-state index contributed by atoms with van der Waals surface area (Å²) in [5.74, 6) is 0.284. The maximum absolute atomic E-state index is 12.0. The number of carbonyl (C=O) groups is 1. The van der Waals surface area contributed by atoms with Gasteiger partial charge in [0.25, 0.3) is 0 Å². The first kappa shape index (κ1) is 9.23. The van der Waals surface area contributed by atoms with Crippen molar-refractivity contribution in [2.75, 3.05) is 0 Å². The van der Waals surface area contributed by atoms with Gasteiger partial charge in [0.2, 0.25) is 0 Å². The Morgan fingerprint density at radius 3 is 2.69 bits per heavy atom. The summed E-state index contributed by atoms with van der Waals surface area (Å²) in [6.07, 6.45) is 10.1. The van der Waals surface area contributed by atoms with E-state index in [4.69, 9.17) is 9.47 Å². The average molecular weight is 220 g/mol. The third-order valence-corrected chi connectivity index (χ3v) is 4.78. The predicted octanol–water partition coefficient (Wildman–Crippen LogP) is 1.82. The molecule has 1 saturated carbocycles. The zero-order valence-electron chi connectivity index (χ0n) is 9.22. The van der Waals surface area contributed by atoms with Crippen LogP contribution in [0.15, 0.2) is 12.2 Å². The summed E-state index contributed by atoms with van der Waals surface area (Å²) >= 11 is 0. The van der Waals surface area contributed by atoms with Gasteiger partial charge in [0.1, 0.15) is 5.60 Å². The largest absolute Gasteiger partial charge is 0.458 e. The predicted molar refractivity (Wildman–Crippen MR) is 56.7 cm³/mol. The summed E-state index contributed by atoms with van der Waals surface area (Å²) in [7, 11) is 0. The third kappa shape index (κ3) is 0.956. The van der Waals surface area contributed by atoms with Crippen LogP contribution in [0.3, 0.4) is 0 Å². The summed E-state index contributed by atoms with van der Waals surface area (Å²) < 4.78 is 11.6. The van der Waals surface area contributed by atoms with Crippen LogP contribution in [-0.2, 0) is 14.3 Å². The van der Waals surface area contributed by atoms with Crippen LogP contribution in [0.5, 0.6) is 0 Å². The van der Waals surface area contributed by atoms with Crippen LogP contribution < -0.4 is 0 Å². The first-order valence-electron chi connectivity index (χ1n) is 6.37. The van der Waals surface area contributed by atoms with Crippen LogP contribution >= 0.6 is 0 Å². The molecular formula is C13H16O3. The first-order chi connectivity index (χ1) is 7.80. The molecule has 4 aliphatic rings. The van der Waals surface area contributed by atoms with Gasteiger partial charge in [-0.05, 0) is 25.7 Å². The lowest BCUT2D eigenvalue weighted by atomic mass is 9.69. The number of rotatable bonds is 0. The second kappa shape index (κ2) is 2.89. The Morgan fingerprint density at radius 2 is 1.88 bits per heavy atom. The van der Waals surface area contributed by atoms with Crippen molar-refractivity contribution in [1.29, 1.82) is 0 Å². The highest BCUT2D eigenvalue weighted by molar-refractivity contribution is 5.78. The van der Waals surface area contributed by atoms with Gasteiger partial charge >= 0.3 is 5.97 Å². The minimum Gasteiger partial charge on any atom is -0.458 e. The lowest BCUT2D eigenvalue weighted by Crippen LogP contribution is -2.42. The monoisotopic (exact) mass is 220 g/mol. The van der Waals surface area contributed by atoms with Crippen molar-refractivity contribution < 1.29 is 14.3 Å². The quantitative estimate of drug-likeness (QED) is 0.461. The molecule has 2 bridgehead atoms. The fourth-order valence-electron chi connectivity index (χ4n) is 4.14. The van der Waals surface area contributed by atoms with Crippen LogP contribution in [-0.4, -0.2) is 23.8 Å². The molecule has 16 heavy (non-hydrogen) atoms. The Balaban J connectivity index is 1.75. The lowest BCUT2D eigenvalue weighted by molar-refractivity contribution is -0.158. The minimum absolute atomic E-state index is 0.00352. The maximum atomic E-state index is 12.0. The van der Waals surface area contributed by atoms with Crippen LogP contribution in [0.2, 0.25) is 0 Å². The van der Waals surface area contributed by atoms with Crippen molar-refractivity contribution >= 4 is 5.97 Å². The van der Waals surface area contributed by atoms with E-state index in [1.54, 1.807) is 0 Å². The van der Waals surface area contributed by atoms with Gasteiger partial charge in [-0.15, -0.1) is 0 Å². The number of hydrogen-bond donors (Lipinski definition) is 0. The van der Waals surface area contributed by atoms with Crippen molar-refractivity contribution in [2.24, 2.45) is 11.8 Å². The second-order valence-electron chi connectivity index (χ2n) is 5.55. The molecule has 0 N–H and O–H groups in total. The van der Waals surface area contributed by atoms with Gasteiger partial charge in [0, 0.05) is 5.92 Å². The standard InChI is InChI=1S/C13H16O3/c14-12-10-8-4-5-9(15-8)11(10)13(16-12)6-2-1-3-7-13/h4-5,8-11H,1-3,6-7H2/t8-,9+,10-,11+/m1/s1. The van der Waals surface area contributed by atoms with Crippen molar-refractivity contribution in [1.82, 2.24) is 0 Å². The Labute approximate surface area is 94.8 Å². The molecule has 2 saturated heterocycles. The molecule has 3 fully saturated rings. The first-order valence-corrected chi connectivity index (χ1v) is 6.37. The van der Waals surface area contributed by atoms with Gasteiger partial charge in [-0.2, -0.15) is 0 Å². The van der Waals surface area contributed by atoms with Gasteiger partial charge in [-0.3, -0.25) is 4.79 Å². The zero-order valence-corrected chi connectivity index (χ0v) is 9.22. The topological polar surface area (TPSA) is 35.5 Å². The molecule has 4 atom stereocenters. The van der Waals surface area contributed by atoms with E-state index in [9.17, 15) is 4.79 Å². The maximum Gasteiger partial charge on any atom is 0.313 e. The number of ether oxygens (including phenoxy) is 2. The minimum atomic E-state index is -0.176. The number of hydrogen-bond acceptors (Lipinski definition) is 3. The van der Waals surface area contributed by atoms with Gasteiger partial charge < -0.3 is 9.47 Å². The molecule has 3 heterocycles. The smallest absolute Gasteiger partial charge is 0.313 e. The highest BCUT2D eigenvalue weighted by atomic mass is 16.6. The molecule has 1 aliphatic carbocycles. The summed E-state index contributed by atoms with van der Waals surface area (Å²) in [5, 5.41) is 0. The van der Waals surface area contributed by atoms with E-state index >= 15 is 0 Å². The highest BCUT2D eigenvalue weighted by Crippen LogP contribution is 2.55. The van der Waals surface area contributed by atoms with Crippen LogP contribution in [0.1, 0.15) is 32.1 Å². The van der Waals surface area contributed by atoms with E-state index in [1.165, 1.54) is 19.3 Å². The normalized spacial score (nSPS) is 47.4. The average Bonchev–Trinajstić information content (AvgIpc) is 2.94. The Hall–Kier alpha value is -0.830. The SMILES string of the molecule is O=C1OC2(CCCCC2)[C@@H]2[C@H]1[C@H]1C=C[C@@H]2O1. The Morgan fingerprint density at radius 1 is 1.12 bits per heavy atom. The van der Waals surface area contributed by atoms with Crippen molar-refractivity contribution in [3.8, 4) is 0 Å². The van der Waals surface area contributed by atoms with Crippen LogP contribution in [0.25, 0.3) is 0 Å². The van der Waals surface area contributed by atoms with Crippen molar-refractivity contribution in [3.05, 3.63) is 12.2 Å². The molecule has 3 nitrogen and oxygen atoms in total. The zero-order chi connectivity index (χ0) is 10.8. The molecule has 0 radical (unpaired) electrons. The molecule has 86 valence electrons. The number of esters is 1. The Kier molecular flexibility index (Phi) is 1.67. The van der Waals surface area contributed by atoms with E-state index < -0.39 is 0 Å². The van der Waals surface area contributed by atoms with Crippen molar-refractivity contribution in [2.45, 2.75) is 49.9 Å². The molecule has 3 aliphatic heterocycles. The number of fused-ring (bicyclic) bond motifs is 6. The molecule has 0 aromatic rings. The van der Waals surface area contributed by atoms with Gasteiger partial charge in [-0.25, -0.2) is 0 Å². The summed E-state index contributed by atoms with van der Waals surface area (Å²) in [6, 6.07) is 0. The molecule has 0 amide bonds. The molecule has 1 spiro atoms. The van der Waals surface area contributed by atoms with E-state index in [-0.39, 0.29) is 29.7 Å². The molecule has 0 aromatic heterocycles. The summed E-state index contributed by atoms with van der Waals surface area (Å²) in [6.45, 7) is 0. The Bertz CT molecular complexity index is 367.